The number of imide groups is 1. The molecule has 0 radical (unpaired) electrons. The molecule has 2 heterocycles. The number of carbonyl (C=O) groups excluding carboxylic acids is 2. The van der Waals surface area contributed by atoms with Crippen molar-refractivity contribution in [3.05, 3.63) is 41.6 Å². The molecule has 132 valence electrons. The van der Waals surface area contributed by atoms with E-state index in [1.54, 1.807) is 18.2 Å². The number of nitrogens with one attached hydrogen (secondary N) is 1. The SMILES string of the molecule is CC(C)(C)c1cc(C#N)ccc1Oc1ccnc(N2C(=O)CNC2=O)n1. The zero-order valence-corrected chi connectivity index (χ0v) is 14.6. The summed E-state index contributed by atoms with van der Waals surface area (Å²) in [4.78, 5) is 32.6. The summed E-state index contributed by atoms with van der Waals surface area (Å²) >= 11 is 0. The summed E-state index contributed by atoms with van der Waals surface area (Å²) in [6.45, 7) is 5.94. The Morgan fingerprint density at radius 1 is 1.27 bits per heavy atom. The van der Waals surface area contributed by atoms with Gasteiger partial charge in [0.15, 0.2) is 0 Å². The molecule has 0 unspecified atom stereocenters. The first kappa shape index (κ1) is 17.4. The van der Waals surface area contributed by atoms with E-state index in [1.807, 2.05) is 20.8 Å². The van der Waals surface area contributed by atoms with Crippen LogP contribution in [0.4, 0.5) is 10.7 Å². The Morgan fingerprint density at radius 2 is 2.04 bits per heavy atom. The zero-order chi connectivity index (χ0) is 18.9. The monoisotopic (exact) mass is 351 g/mol. The van der Waals surface area contributed by atoms with E-state index in [0.29, 0.717) is 11.3 Å². The summed E-state index contributed by atoms with van der Waals surface area (Å²) in [6.07, 6.45) is 1.41. The number of hydrogen-bond donors (Lipinski definition) is 1. The molecule has 0 spiro atoms. The van der Waals surface area contributed by atoms with Crippen LogP contribution in [0.1, 0.15) is 31.9 Å². The summed E-state index contributed by atoms with van der Waals surface area (Å²) in [5.74, 6) is 0.255. The molecule has 1 fully saturated rings. The molecule has 1 aliphatic rings. The van der Waals surface area contributed by atoms with Gasteiger partial charge in [0.2, 0.25) is 11.8 Å². The van der Waals surface area contributed by atoms with Gasteiger partial charge in [-0.1, -0.05) is 20.8 Å². The van der Waals surface area contributed by atoms with Crippen molar-refractivity contribution in [1.29, 1.82) is 5.26 Å². The lowest BCUT2D eigenvalue weighted by molar-refractivity contribution is -0.115. The number of ether oxygens (including phenoxy) is 1. The number of amides is 3. The van der Waals surface area contributed by atoms with E-state index in [-0.39, 0.29) is 23.8 Å². The quantitative estimate of drug-likeness (QED) is 0.851. The molecule has 1 aliphatic heterocycles. The van der Waals surface area contributed by atoms with E-state index >= 15 is 0 Å². The van der Waals surface area contributed by atoms with Gasteiger partial charge in [-0.05, 0) is 23.6 Å². The number of benzene rings is 1. The second-order valence-electron chi connectivity index (χ2n) is 6.76. The van der Waals surface area contributed by atoms with Crippen LogP contribution in [0.3, 0.4) is 0 Å². The molecule has 1 N–H and O–H groups in total. The Bertz CT molecular complexity index is 911. The molecule has 1 saturated heterocycles. The van der Waals surface area contributed by atoms with E-state index < -0.39 is 11.9 Å². The minimum Gasteiger partial charge on any atom is -0.439 e. The zero-order valence-electron chi connectivity index (χ0n) is 14.6. The molecule has 1 aromatic heterocycles. The number of anilines is 1. The molecule has 0 atom stereocenters. The van der Waals surface area contributed by atoms with Crippen molar-refractivity contribution in [3.63, 3.8) is 0 Å². The molecule has 1 aromatic carbocycles. The molecule has 26 heavy (non-hydrogen) atoms. The molecular formula is C18H17N5O3. The second kappa shape index (κ2) is 6.44. The van der Waals surface area contributed by atoms with Crippen molar-refractivity contribution in [1.82, 2.24) is 15.3 Å². The third-order valence-electron chi connectivity index (χ3n) is 3.79. The smallest absolute Gasteiger partial charge is 0.331 e. The van der Waals surface area contributed by atoms with Crippen molar-refractivity contribution in [2.45, 2.75) is 26.2 Å². The van der Waals surface area contributed by atoms with E-state index in [9.17, 15) is 9.59 Å². The van der Waals surface area contributed by atoms with Crippen LogP contribution in [0.2, 0.25) is 0 Å². The van der Waals surface area contributed by atoms with Crippen molar-refractivity contribution < 1.29 is 14.3 Å². The summed E-state index contributed by atoms with van der Waals surface area (Å²) in [5.41, 5.74) is 1.11. The summed E-state index contributed by atoms with van der Waals surface area (Å²) < 4.78 is 5.88. The molecule has 0 aliphatic carbocycles. The number of nitriles is 1. The number of rotatable bonds is 3. The first-order chi connectivity index (χ1) is 12.3. The van der Waals surface area contributed by atoms with E-state index in [1.165, 1.54) is 12.3 Å². The maximum absolute atomic E-state index is 11.8. The molecule has 0 bridgehead atoms. The van der Waals surface area contributed by atoms with Gasteiger partial charge >= 0.3 is 6.03 Å². The lowest BCUT2D eigenvalue weighted by atomic mass is 9.85. The van der Waals surface area contributed by atoms with Gasteiger partial charge in [0, 0.05) is 17.8 Å². The van der Waals surface area contributed by atoms with Crippen molar-refractivity contribution >= 4 is 17.9 Å². The topological polar surface area (TPSA) is 108 Å². The van der Waals surface area contributed by atoms with Crippen LogP contribution in [-0.4, -0.2) is 28.5 Å². The number of urea groups is 1. The minimum atomic E-state index is -0.569. The first-order valence-corrected chi connectivity index (χ1v) is 7.96. The van der Waals surface area contributed by atoms with Gasteiger partial charge in [0.1, 0.15) is 5.75 Å². The maximum Gasteiger partial charge on any atom is 0.331 e. The highest BCUT2D eigenvalue weighted by Crippen LogP contribution is 2.34. The van der Waals surface area contributed by atoms with Crippen molar-refractivity contribution in [2.24, 2.45) is 0 Å². The molecule has 3 amide bonds. The Kier molecular flexibility index (Phi) is 4.30. The van der Waals surface area contributed by atoms with Gasteiger partial charge in [0.25, 0.3) is 5.91 Å². The van der Waals surface area contributed by atoms with Crippen LogP contribution in [0.5, 0.6) is 11.6 Å². The molecular weight excluding hydrogens is 334 g/mol. The van der Waals surface area contributed by atoms with Gasteiger partial charge in [-0.3, -0.25) is 4.79 Å². The van der Waals surface area contributed by atoms with Crippen LogP contribution >= 0.6 is 0 Å². The van der Waals surface area contributed by atoms with Crippen LogP contribution in [0.15, 0.2) is 30.5 Å². The van der Waals surface area contributed by atoms with Crippen molar-refractivity contribution in [2.75, 3.05) is 11.4 Å². The number of aromatic nitrogens is 2. The number of hydrogen-bond acceptors (Lipinski definition) is 6. The minimum absolute atomic E-state index is 0.0477. The average Bonchev–Trinajstić information content (AvgIpc) is 2.93. The largest absolute Gasteiger partial charge is 0.439 e. The van der Waals surface area contributed by atoms with Gasteiger partial charge in [-0.15, -0.1) is 0 Å². The van der Waals surface area contributed by atoms with Gasteiger partial charge in [-0.2, -0.15) is 15.1 Å². The van der Waals surface area contributed by atoms with Crippen LogP contribution in [-0.2, 0) is 10.2 Å². The molecule has 0 saturated carbocycles. The third kappa shape index (κ3) is 3.32. The Labute approximate surface area is 150 Å². The summed E-state index contributed by atoms with van der Waals surface area (Å²) in [5, 5.41) is 11.5. The number of carbonyl (C=O) groups is 2. The highest BCUT2D eigenvalue weighted by molar-refractivity contribution is 6.18. The molecule has 8 nitrogen and oxygen atoms in total. The molecule has 2 aromatic rings. The maximum atomic E-state index is 11.8. The van der Waals surface area contributed by atoms with Gasteiger partial charge in [0.05, 0.1) is 18.2 Å². The molecule has 8 heteroatoms. The highest BCUT2D eigenvalue weighted by atomic mass is 16.5. The van der Waals surface area contributed by atoms with Crippen LogP contribution < -0.4 is 15.0 Å². The highest BCUT2D eigenvalue weighted by Gasteiger charge is 2.32. The van der Waals surface area contributed by atoms with Crippen LogP contribution in [0.25, 0.3) is 0 Å². The first-order valence-electron chi connectivity index (χ1n) is 7.96. The molecule has 3 rings (SSSR count). The lowest BCUT2D eigenvalue weighted by Crippen LogP contribution is -2.32. The van der Waals surface area contributed by atoms with E-state index in [0.717, 1.165) is 10.5 Å². The Morgan fingerprint density at radius 3 is 2.65 bits per heavy atom. The van der Waals surface area contributed by atoms with Crippen LogP contribution in [0, 0.1) is 11.3 Å². The lowest BCUT2D eigenvalue weighted by Gasteiger charge is -2.22. The van der Waals surface area contributed by atoms with E-state index in [2.05, 4.69) is 21.4 Å². The summed E-state index contributed by atoms with van der Waals surface area (Å²) in [7, 11) is 0. The van der Waals surface area contributed by atoms with Gasteiger partial charge < -0.3 is 10.1 Å². The number of nitrogens with zero attached hydrogens (tertiary/aromatic N) is 4. The Balaban J connectivity index is 1.95. The second-order valence-corrected chi connectivity index (χ2v) is 6.76. The third-order valence-corrected chi connectivity index (χ3v) is 3.79. The standard InChI is InChI=1S/C18H17N5O3/c1-18(2,3)12-8-11(9-19)4-5-13(12)26-14-6-7-20-16(22-14)23-15(24)10-21-17(23)25/h4-8H,10H2,1-3H3,(H,21,25). The Hall–Kier alpha value is -3.47. The average molecular weight is 351 g/mol. The predicted octanol–water partition coefficient (Wildman–Crippen LogP) is 2.49. The van der Waals surface area contributed by atoms with Crippen molar-refractivity contribution in [3.8, 4) is 17.7 Å². The van der Waals surface area contributed by atoms with Gasteiger partial charge in [-0.25, -0.2) is 9.78 Å². The fourth-order valence-corrected chi connectivity index (χ4v) is 2.51. The summed E-state index contributed by atoms with van der Waals surface area (Å²) in [6, 6.07) is 8.21. The fraction of sp³-hybridized carbons (Fsp3) is 0.278. The van der Waals surface area contributed by atoms with E-state index in [4.69, 9.17) is 10.00 Å². The normalized spacial score (nSPS) is 14.2. The predicted molar refractivity (Wildman–Crippen MR) is 92.8 cm³/mol. The fourth-order valence-electron chi connectivity index (χ4n) is 2.51.